The maximum absolute atomic E-state index is 12.1. The zero-order valence-electron chi connectivity index (χ0n) is 11.1. The first kappa shape index (κ1) is 13.4. The highest BCUT2D eigenvalue weighted by Crippen LogP contribution is 2.30. The van der Waals surface area contributed by atoms with Gasteiger partial charge in [0.25, 0.3) is 5.91 Å². The number of carbonyl (C=O) groups is 1. The predicted octanol–water partition coefficient (Wildman–Crippen LogP) is 3.66. The first-order chi connectivity index (χ1) is 9.20. The van der Waals surface area contributed by atoms with Crippen molar-refractivity contribution in [1.82, 2.24) is 0 Å². The van der Waals surface area contributed by atoms with Gasteiger partial charge in [-0.25, -0.2) is 0 Å². The second-order valence-electron chi connectivity index (χ2n) is 5.09. The normalized spacial score (nSPS) is 18.5. The van der Waals surface area contributed by atoms with E-state index < -0.39 is 0 Å². The Morgan fingerprint density at radius 3 is 2.47 bits per heavy atom. The van der Waals surface area contributed by atoms with Crippen LogP contribution in [-0.4, -0.2) is 5.91 Å². The maximum atomic E-state index is 12.1. The summed E-state index contributed by atoms with van der Waals surface area (Å²) >= 11 is 0. The van der Waals surface area contributed by atoms with Crippen molar-refractivity contribution in [3.05, 3.63) is 41.5 Å². The van der Waals surface area contributed by atoms with E-state index in [4.69, 9.17) is 0 Å². The van der Waals surface area contributed by atoms with Crippen LogP contribution >= 0.6 is 0 Å². The van der Waals surface area contributed by atoms with Crippen LogP contribution in [0.15, 0.2) is 41.5 Å². The number of nitrogens with one attached hydrogen (secondary N) is 1. The highest BCUT2D eigenvalue weighted by molar-refractivity contribution is 6.07. The van der Waals surface area contributed by atoms with Crippen LogP contribution in [0.1, 0.15) is 32.6 Å². The lowest BCUT2D eigenvalue weighted by Gasteiger charge is -2.21. The molecule has 3 heteroatoms. The van der Waals surface area contributed by atoms with Gasteiger partial charge >= 0.3 is 0 Å². The summed E-state index contributed by atoms with van der Waals surface area (Å²) in [7, 11) is 0. The number of hydrogen-bond acceptors (Lipinski definition) is 2. The van der Waals surface area contributed by atoms with E-state index >= 15 is 0 Å². The number of carbonyl (C=O) groups excluding carboxylic acids is 1. The molecule has 98 valence electrons. The van der Waals surface area contributed by atoms with Gasteiger partial charge in [-0.2, -0.15) is 5.26 Å². The van der Waals surface area contributed by atoms with Gasteiger partial charge in [-0.15, -0.1) is 0 Å². The lowest BCUT2D eigenvalue weighted by Crippen LogP contribution is -2.17. The molecule has 0 heterocycles. The average molecular weight is 254 g/mol. The number of benzene rings is 1. The lowest BCUT2D eigenvalue weighted by molar-refractivity contribution is -0.112. The number of hydrogen-bond donors (Lipinski definition) is 1. The Kier molecular flexibility index (Phi) is 4.35. The van der Waals surface area contributed by atoms with Crippen molar-refractivity contribution in [1.29, 1.82) is 5.26 Å². The molecule has 3 nitrogen and oxygen atoms in total. The summed E-state index contributed by atoms with van der Waals surface area (Å²) in [6.07, 6.45) is 3.87. The zero-order valence-corrected chi connectivity index (χ0v) is 11.1. The van der Waals surface area contributed by atoms with Gasteiger partial charge in [0, 0.05) is 5.69 Å². The highest BCUT2D eigenvalue weighted by Gasteiger charge is 2.20. The molecule has 1 N–H and O–H groups in total. The van der Waals surface area contributed by atoms with E-state index in [2.05, 4.69) is 18.3 Å². The molecule has 1 saturated carbocycles. The van der Waals surface area contributed by atoms with Gasteiger partial charge in [-0.1, -0.05) is 25.1 Å². The summed E-state index contributed by atoms with van der Waals surface area (Å²) in [4.78, 5) is 12.1. The quantitative estimate of drug-likeness (QED) is 0.647. The van der Waals surface area contributed by atoms with Gasteiger partial charge in [0.2, 0.25) is 0 Å². The van der Waals surface area contributed by atoms with E-state index in [1.165, 1.54) is 0 Å². The number of allylic oxidation sites excluding steroid dienone is 1. The van der Waals surface area contributed by atoms with Crippen molar-refractivity contribution in [3.63, 3.8) is 0 Å². The molecule has 1 fully saturated rings. The average Bonchev–Trinajstić information content (AvgIpc) is 2.43. The highest BCUT2D eigenvalue weighted by atomic mass is 16.1. The molecule has 1 aromatic rings. The van der Waals surface area contributed by atoms with Gasteiger partial charge in [-0.3, -0.25) is 4.79 Å². The molecule has 0 atom stereocenters. The molecule has 1 aliphatic carbocycles. The maximum Gasteiger partial charge on any atom is 0.266 e. The molecule has 0 saturated heterocycles. The molecular weight excluding hydrogens is 236 g/mol. The third-order valence-corrected chi connectivity index (χ3v) is 3.60. The van der Waals surface area contributed by atoms with E-state index in [1.807, 2.05) is 30.3 Å². The Labute approximate surface area is 113 Å². The second-order valence-corrected chi connectivity index (χ2v) is 5.09. The smallest absolute Gasteiger partial charge is 0.266 e. The topological polar surface area (TPSA) is 52.9 Å². The Bertz CT molecular complexity index is 515. The van der Waals surface area contributed by atoms with Crippen molar-refractivity contribution in [2.75, 3.05) is 5.32 Å². The third kappa shape index (κ3) is 3.45. The number of amides is 1. The van der Waals surface area contributed by atoms with E-state index in [-0.39, 0.29) is 5.91 Å². The zero-order chi connectivity index (χ0) is 13.7. The molecule has 1 aliphatic rings. The first-order valence-electron chi connectivity index (χ1n) is 6.69. The molecule has 0 aliphatic heterocycles. The molecule has 1 amide bonds. The van der Waals surface area contributed by atoms with Gasteiger partial charge in [0.1, 0.15) is 11.6 Å². The standard InChI is InChI=1S/C16H18N2O/c1-12-7-9-13(10-8-12)15(11-17)16(19)18-14-5-3-2-4-6-14/h2-6,12H,7-10H2,1H3,(H,18,19). The van der Waals surface area contributed by atoms with Crippen LogP contribution in [0.4, 0.5) is 5.69 Å². The van der Waals surface area contributed by atoms with Crippen LogP contribution in [0, 0.1) is 17.2 Å². The summed E-state index contributed by atoms with van der Waals surface area (Å²) in [5.41, 5.74) is 2.04. The minimum Gasteiger partial charge on any atom is -0.321 e. The van der Waals surface area contributed by atoms with E-state index in [1.54, 1.807) is 0 Å². The van der Waals surface area contributed by atoms with Crippen molar-refractivity contribution in [2.45, 2.75) is 32.6 Å². The minimum atomic E-state index is -0.279. The fourth-order valence-electron chi connectivity index (χ4n) is 2.37. The number of nitriles is 1. The molecule has 0 bridgehead atoms. The van der Waals surface area contributed by atoms with Crippen LogP contribution in [0.2, 0.25) is 0 Å². The number of anilines is 1. The molecule has 2 rings (SSSR count). The summed E-state index contributed by atoms with van der Waals surface area (Å²) in [6, 6.07) is 11.3. The number of para-hydroxylation sites is 1. The van der Waals surface area contributed by atoms with Crippen molar-refractivity contribution >= 4 is 11.6 Å². The Morgan fingerprint density at radius 2 is 1.89 bits per heavy atom. The van der Waals surface area contributed by atoms with E-state index in [0.29, 0.717) is 11.5 Å². The second kappa shape index (κ2) is 6.19. The third-order valence-electron chi connectivity index (χ3n) is 3.60. The fraction of sp³-hybridized carbons (Fsp3) is 0.375. The largest absolute Gasteiger partial charge is 0.321 e. The molecular formula is C16H18N2O. The molecule has 0 aromatic heterocycles. The van der Waals surface area contributed by atoms with Crippen LogP contribution in [0.3, 0.4) is 0 Å². The Morgan fingerprint density at radius 1 is 1.26 bits per heavy atom. The molecule has 0 spiro atoms. The molecule has 19 heavy (non-hydrogen) atoms. The lowest BCUT2D eigenvalue weighted by atomic mass is 9.85. The van der Waals surface area contributed by atoms with E-state index in [9.17, 15) is 10.1 Å². The molecule has 0 unspecified atom stereocenters. The van der Waals surface area contributed by atoms with Crippen LogP contribution in [-0.2, 0) is 4.79 Å². The summed E-state index contributed by atoms with van der Waals surface area (Å²) in [6.45, 7) is 2.22. The van der Waals surface area contributed by atoms with Gasteiger partial charge in [0.15, 0.2) is 0 Å². The first-order valence-corrected chi connectivity index (χ1v) is 6.69. The van der Waals surface area contributed by atoms with Crippen LogP contribution in [0.25, 0.3) is 0 Å². The summed E-state index contributed by atoms with van der Waals surface area (Å²) in [5.74, 6) is 0.416. The van der Waals surface area contributed by atoms with Crippen molar-refractivity contribution < 1.29 is 4.79 Å². The van der Waals surface area contributed by atoms with Gasteiger partial charge in [0.05, 0.1) is 0 Å². The van der Waals surface area contributed by atoms with Crippen LogP contribution < -0.4 is 5.32 Å². The van der Waals surface area contributed by atoms with Gasteiger partial charge < -0.3 is 5.32 Å². The number of nitrogens with zero attached hydrogens (tertiary/aromatic N) is 1. The Hall–Kier alpha value is -2.08. The Balaban J connectivity index is 2.12. The monoisotopic (exact) mass is 254 g/mol. The summed E-state index contributed by atoms with van der Waals surface area (Å²) < 4.78 is 0. The van der Waals surface area contributed by atoms with Crippen molar-refractivity contribution in [2.24, 2.45) is 5.92 Å². The fourth-order valence-corrected chi connectivity index (χ4v) is 2.37. The molecule has 1 aromatic carbocycles. The molecule has 0 radical (unpaired) electrons. The van der Waals surface area contributed by atoms with Crippen molar-refractivity contribution in [3.8, 4) is 6.07 Å². The van der Waals surface area contributed by atoms with Gasteiger partial charge in [-0.05, 0) is 49.3 Å². The number of rotatable bonds is 2. The SMILES string of the molecule is CC1CCC(=C(C#N)C(=O)Nc2ccccc2)CC1. The predicted molar refractivity (Wildman–Crippen MR) is 75.3 cm³/mol. The summed E-state index contributed by atoms with van der Waals surface area (Å²) in [5, 5.41) is 12.0. The van der Waals surface area contributed by atoms with E-state index in [0.717, 1.165) is 36.9 Å². The minimum absolute atomic E-state index is 0.279. The van der Waals surface area contributed by atoms with Crippen LogP contribution in [0.5, 0.6) is 0 Å².